The Bertz CT molecular complexity index is 681. The van der Waals surface area contributed by atoms with Crippen LogP contribution in [0.25, 0.3) is 0 Å². The molecular weight excluding hydrogens is 300 g/mol. The molecule has 116 valence electrons. The molecule has 21 heavy (non-hydrogen) atoms. The van der Waals surface area contributed by atoms with Gasteiger partial charge in [-0.2, -0.15) is 4.72 Å². The molecule has 8 nitrogen and oxygen atoms in total. The van der Waals surface area contributed by atoms with Gasteiger partial charge in [-0.05, 0) is 32.0 Å². The normalized spacial score (nSPS) is 12.0. The zero-order valence-corrected chi connectivity index (χ0v) is 12.5. The highest BCUT2D eigenvalue weighted by Crippen LogP contribution is 2.26. The average Bonchev–Trinajstić information content (AvgIpc) is 2.36. The molecule has 1 rings (SSSR count). The smallest absolute Gasteiger partial charge is 0.335 e. The minimum atomic E-state index is -4.12. The number of amides is 1. The van der Waals surface area contributed by atoms with Gasteiger partial charge in [-0.25, -0.2) is 13.2 Å². The molecule has 0 radical (unpaired) electrons. The number of rotatable bonds is 6. The van der Waals surface area contributed by atoms with Gasteiger partial charge in [0, 0.05) is 0 Å². The molecule has 9 heteroatoms. The first-order valence-corrected chi connectivity index (χ1v) is 7.25. The third-order valence-electron chi connectivity index (χ3n) is 2.71. The average molecular weight is 316 g/mol. The Labute approximate surface area is 122 Å². The molecule has 0 aliphatic heterocycles. The molecule has 0 saturated carbocycles. The molecule has 1 amide bonds. The number of primary amides is 1. The van der Waals surface area contributed by atoms with Gasteiger partial charge < -0.3 is 15.6 Å². The molecule has 0 unspecified atom stereocenters. The lowest BCUT2D eigenvalue weighted by Gasteiger charge is -2.22. The fourth-order valence-corrected chi connectivity index (χ4v) is 3.00. The monoisotopic (exact) mass is 316 g/mol. The highest BCUT2D eigenvalue weighted by Gasteiger charge is 2.33. The Morgan fingerprint density at radius 2 is 1.90 bits per heavy atom. The van der Waals surface area contributed by atoms with Crippen LogP contribution in [0, 0.1) is 0 Å². The lowest BCUT2D eigenvalue weighted by Crippen LogP contribution is -2.52. The summed E-state index contributed by atoms with van der Waals surface area (Å²) in [6.07, 6.45) is 0. The second-order valence-corrected chi connectivity index (χ2v) is 6.42. The summed E-state index contributed by atoms with van der Waals surface area (Å²) in [6.45, 7) is 2.62. The van der Waals surface area contributed by atoms with Gasteiger partial charge in [-0.3, -0.25) is 4.79 Å². The van der Waals surface area contributed by atoms with E-state index in [-0.39, 0.29) is 16.2 Å². The maximum absolute atomic E-state index is 12.3. The first-order valence-electron chi connectivity index (χ1n) is 5.76. The van der Waals surface area contributed by atoms with E-state index in [0.717, 1.165) is 18.2 Å². The van der Waals surface area contributed by atoms with E-state index in [0.29, 0.717) is 0 Å². The Kier molecular flexibility index (Phi) is 4.59. The van der Waals surface area contributed by atoms with Crippen LogP contribution < -0.4 is 15.2 Å². The molecule has 0 atom stereocenters. The van der Waals surface area contributed by atoms with Crippen molar-refractivity contribution in [3.8, 4) is 5.75 Å². The first-order chi connectivity index (χ1) is 9.51. The van der Waals surface area contributed by atoms with Crippen LogP contribution in [0.3, 0.4) is 0 Å². The van der Waals surface area contributed by atoms with E-state index >= 15 is 0 Å². The van der Waals surface area contributed by atoms with Crippen LogP contribution in [0.4, 0.5) is 0 Å². The molecule has 0 aromatic heterocycles. The molecule has 0 fully saturated rings. The van der Waals surface area contributed by atoms with Crippen LogP contribution in [-0.2, 0) is 14.8 Å². The number of nitrogens with two attached hydrogens (primary N) is 1. The van der Waals surface area contributed by atoms with Crippen LogP contribution in [-0.4, -0.2) is 38.0 Å². The number of methoxy groups -OCH3 is 1. The highest BCUT2D eigenvalue weighted by molar-refractivity contribution is 7.89. The summed E-state index contributed by atoms with van der Waals surface area (Å²) < 4.78 is 31.6. The summed E-state index contributed by atoms with van der Waals surface area (Å²) >= 11 is 0. The molecule has 0 spiro atoms. The van der Waals surface area contributed by atoms with Gasteiger partial charge in [0.05, 0.1) is 12.7 Å². The van der Waals surface area contributed by atoms with Crippen molar-refractivity contribution in [3.63, 3.8) is 0 Å². The van der Waals surface area contributed by atoms with E-state index in [9.17, 15) is 18.0 Å². The Balaban J connectivity index is 3.32. The van der Waals surface area contributed by atoms with Gasteiger partial charge in [-0.1, -0.05) is 0 Å². The van der Waals surface area contributed by atoms with Gasteiger partial charge in [0.15, 0.2) is 0 Å². The molecule has 4 N–H and O–H groups in total. The van der Waals surface area contributed by atoms with Gasteiger partial charge in [0.25, 0.3) is 0 Å². The van der Waals surface area contributed by atoms with Crippen molar-refractivity contribution in [2.75, 3.05) is 7.11 Å². The molecule has 0 aliphatic carbocycles. The van der Waals surface area contributed by atoms with E-state index < -0.39 is 27.4 Å². The van der Waals surface area contributed by atoms with Crippen molar-refractivity contribution in [1.82, 2.24) is 4.72 Å². The third kappa shape index (κ3) is 3.70. The lowest BCUT2D eigenvalue weighted by atomic mass is 10.1. The largest absolute Gasteiger partial charge is 0.495 e. The van der Waals surface area contributed by atoms with Gasteiger partial charge in [0.1, 0.15) is 16.2 Å². The Hall–Kier alpha value is -2.13. The second kappa shape index (κ2) is 5.70. The number of carboxylic acids is 1. The predicted octanol–water partition coefficient (Wildman–Crippen LogP) is -0.0644. The number of hydrogen-bond donors (Lipinski definition) is 3. The number of carboxylic acid groups (broad SMARTS) is 1. The quantitative estimate of drug-likeness (QED) is 0.672. The molecule has 0 heterocycles. The molecule has 0 bridgehead atoms. The molecule has 0 aliphatic rings. The van der Waals surface area contributed by atoms with Crippen LogP contribution >= 0.6 is 0 Å². The number of carbonyl (C=O) groups is 2. The van der Waals surface area contributed by atoms with Crippen molar-refractivity contribution >= 4 is 21.9 Å². The van der Waals surface area contributed by atoms with Crippen molar-refractivity contribution in [2.45, 2.75) is 24.3 Å². The van der Waals surface area contributed by atoms with E-state index in [4.69, 9.17) is 15.6 Å². The zero-order chi connectivity index (χ0) is 16.4. The van der Waals surface area contributed by atoms with Gasteiger partial charge in [0.2, 0.25) is 15.9 Å². The second-order valence-electron chi connectivity index (χ2n) is 4.77. The van der Waals surface area contributed by atoms with Crippen LogP contribution in [0.1, 0.15) is 24.2 Å². The first kappa shape index (κ1) is 16.9. The maximum Gasteiger partial charge on any atom is 0.335 e. The van der Waals surface area contributed by atoms with E-state index in [1.165, 1.54) is 21.0 Å². The maximum atomic E-state index is 12.3. The minimum absolute atomic E-state index is 0.125. The molecule has 1 aromatic rings. The number of carbonyl (C=O) groups excluding carboxylic acids is 1. The molecule has 1 aromatic carbocycles. The fourth-order valence-electron chi connectivity index (χ4n) is 1.46. The Morgan fingerprint density at radius 3 is 2.33 bits per heavy atom. The SMILES string of the molecule is COc1cc(C(=O)O)ccc1S(=O)(=O)NC(C)(C)C(N)=O. The van der Waals surface area contributed by atoms with Crippen molar-refractivity contribution in [2.24, 2.45) is 5.73 Å². The number of nitrogens with one attached hydrogen (secondary N) is 1. The number of ether oxygens (including phenoxy) is 1. The van der Waals surface area contributed by atoms with E-state index in [1.54, 1.807) is 0 Å². The Morgan fingerprint density at radius 1 is 1.33 bits per heavy atom. The number of sulfonamides is 1. The van der Waals surface area contributed by atoms with Crippen molar-refractivity contribution in [1.29, 1.82) is 0 Å². The summed E-state index contributed by atoms with van der Waals surface area (Å²) in [4.78, 5) is 21.8. The van der Waals surface area contributed by atoms with Gasteiger partial charge in [-0.15, -0.1) is 0 Å². The van der Waals surface area contributed by atoms with Crippen LogP contribution in [0.15, 0.2) is 23.1 Å². The van der Waals surface area contributed by atoms with Crippen molar-refractivity contribution < 1.29 is 27.9 Å². The van der Waals surface area contributed by atoms with Gasteiger partial charge >= 0.3 is 5.97 Å². The molecular formula is C12H16N2O6S. The highest BCUT2D eigenvalue weighted by atomic mass is 32.2. The standard InChI is InChI=1S/C12H16N2O6S/c1-12(2,11(13)17)14-21(18,19)9-5-4-7(10(15)16)6-8(9)20-3/h4-6,14H,1-3H3,(H2,13,17)(H,15,16). The summed E-state index contributed by atoms with van der Waals surface area (Å²) in [5.41, 5.74) is 3.49. The molecule has 0 saturated heterocycles. The number of aromatic carboxylic acids is 1. The summed E-state index contributed by atoms with van der Waals surface area (Å²) in [5, 5.41) is 8.88. The van der Waals surface area contributed by atoms with E-state index in [2.05, 4.69) is 4.72 Å². The van der Waals surface area contributed by atoms with E-state index in [1.807, 2.05) is 0 Å². The lowest BCUT2D eigenvalue weighted by molar-refractivity contribution is -0.122. The minimum Gasteiger partial charge on any atom is -0.495 e. The zero-order valence-electron chi connectivity index (χ0n) is 11.7. The predicted molar refractivity (Wildman–Crippen MR) is 73.5 cm³/mol. The fraction of sp³-hybridized carbons (Fsp3) is 0.333. The number of benzene rings is 1. The topological polar surface area (TPSA) is 136 Å². The summed E-state index contributed by atoms with van der Waals surface area (Å²) in [7, 11) is -2.91. The summed E-state index contributed by atoms with van der Waals surface area (Å²) in [6, 6.07) is 3.28. The summed E-state index contributed by atoms with van der Waals surface area (Å²) in [5.74, 6) is -2.22. The van der Waals surface area contributed by atoms with Crippen LogP contribution in [0.5, 0.6) is 5.75 Å². The van der Waals surface area contributed by atoms with Crippen molar-refractivity contribution in [3.05, 3.63) is 23.8 Å². The van der Waals surface area contributed by atoms with Crippen LogP contribution in [0.2, 0.25) is 0 Å². The third-order valence-corrected chi connectivity index (χ3v) is 4.40. The number of hydrogen-bond acceptors (Lipinski definition) is 5.